The summed E-state index contributed by atoms with van der Waals surface area (Å²) in [7, 11) is 0. The van der Waals surface area contributed by atoms with Crippen LogP contribution in [0.3, 0.4) is 0 Å². The third kappa shape index (κ3) is 2.45. The van der Waals surface area contributed by atoms with Crippen molar-refractivity contribution in [3.63, 3.8) is 0 Å². The van der Waals surface area contributed by atoms with Crippen molar-refractivity contribution in [2.24, 2.45) is 0 Å². The van der Waals surface area contributed by atoms with Crippen LogP contribution in [0.4, 0.5) is 4.39 Å². The molecule has 6 heteroatoms. The molecular weight excluding hydrogens is 337 g/mol. The molecule has 1 aromatic heterocycles. The van der Waals surface area contributed by atoms with Crippen LogP contribution in [-0.4, -0.2) is 22.3 Å². The molecule has 0 unspecified atom stereocenters. The summed E-state index contributed by atoms with van der Waals surface area (Å²) in [6, 6.07) is 6.57. The summed E-state index contributed by atoms with van der Waals surface area (Å²) in [4.78, 5) is 16.8. The summed E-state index contributed by atoms with van der Waals surface area (Å²) in [5.74, 6) is -0.517. The number of aromatic nitrogens is 1. The third-order valence-electron chi connectivity index (χ3n) is 3.63. The van der Waals surface area contributed by atoms with E-state index in [0.717, 1.165) is 10.0 Å². The zero-order valence-electron chi connectivity index (χ0n) is 11.0. The number of benzene rings is 1. The van der Waals surface area contributed by atoms with Gasteiger partial charge in [-0.1, -0.05) is 15.9 Å². The standard InChI is InChI=1S/C15H11BrFN3O/c16-12-1-2-13(17)11-8-20(4-3-10(11)12)15(21)14-5-9(6-18)7-19-14/h1-2,5,7,19H,3-4,8H2. The zero-order chi connectivity index (χ0) is 15.0. The van der Waals surface area contributed by atoms with Crippen LogP contribution in [0.1, 0.15) is 27.2 Å². The average Bonchev–Trinajstić information content (AvgIpc) is 2.99. The van der Waals surface area contributed by atoms with Gasteiger partial charge in [0.2, 0.25) is 0 Å². The van der Waals surface area contributed by atoms with Crippen LogP contribution in [0, 0.1) is 17.1 Å². The van der Waals surface area contributed by atoms with E-state index in [1.807, 2.05) is 6.07 Å². The van der Waals surface area contributed by atoms with Crippen LogP contribution >= 0.6 is 15.9 Å². The Morgan fingerprint density at radius 1 is 1.43 bits per heavy atom. The number of carbonyl (C=O) groups excluding carboxylic acids is 1. The molecular formula is C15H11BrFN3O. The highest BCUT2D eigenvalue weighted by Crippen LogP contribution is 2.29. The highest BCUT2D eigenvalue weighted by atomic mass is 79.9. The molecule has 0 saturated heterocycles. The van der Waals surface area contributed by atoms with Crippen molar-refractivity contribution in [1.29, 1.82) is 5.26 Å². The van der Waals surface area contributed by atoms with E-state index in [1.54, 1.807) is 11.0 Å². The highest BCUT2D eigenvalue weighted by molar-refractivity contribution is 9.10. The van der Waals surface area contributed by atoms with Gasteiger partial charge in [-0.25, -0.2) is 4.39 Å². The number of H-pyrrole nitrogens is 1. The monoisotopic (exact) mass is 347 g/mol. The lowest BCUT2D eigenvalue weighted by Gasteiger charge is -2.29. The number of nitrogens with zero attached hydrogens (tertiary/aromatic N) is 2. The van der Waals surface area contributed by atoms with E-state index in [2.05, 4.69) is 20.9 Å². The number of hydrogen-bond donors (Lipinski definition) is 1. The van der Waals surface area contributed by atoms with Gasteiger partial charge in [-0.2, -0.15) is 5.26 Å². The smallest absolute Gasteiger partial charge is 0.270 e. The molecule has 2 aromatic rings. The predicted molar refractivity (Wildman–Crippen MR) is 78.1 cm³/mol. The number of fused-ring (bicyclic) bond motifs is 1. The van der Waals surface area contributed by atoms with E-state index < -0.39 is 0 Å². The Morgan fingerprint density at radius 3 is 2.95 bits per heavy atom. The van der Waals surface area contributed by atoms with Gasteiger partial charge in [-0.3, -0.25) is 4.79 Å². The summed E-state index contributed by atoms with van der Waals surface area (Å²) in [6.45, 7) is 0.759. The van der Waals surface area contributed by atoms with Gasteiger partial charge in [0.15, 0.2) is 0 Å². The van der Waals surface area contributed by atoms with E-state index >= 15 is 0 Å². The van der Waals surface area contributed by atoms with Crippen molar-refractivity contribution in [2.45, 2.75) is 13.0 Å². The molecule has 2 heterocycles. The van der Waals surface area contributed by atoms with Crippen LogP contribution in [0.15, 0.2) is 28.9 Å². The van der Waals surface area contributed by atoms with Crippen molar-refractivity contribution >= 4 is 21.8 Å². The molecule has 0 bridgehead atoms. The molecule has 0 radical (unpaired) electrons. The summed E-state index contributed by atoms with van der Waals surface area (Å²) < 4.78 is 14.8. The normalized spacial score (nSPS) is 13.7. The Balaban J connectivity index is 1.88. The SMILES string of the molecule is N#Cc1c[nH]c(C(=O)N2CCc3c(Br)ccc(F)c3C2)c1. The molecule has 0 aliphatic carbocycles. The van der Waals surface area contributed by atoms with Gasteiger partial charge in [0, 0.05) is 29.3 Å². The second kappa shape index (κ2) is 5.34. The van der Waals surface area contributed by atoms with E-state index in [4.69, 9.17) is 5.26 Å². The highest BCUT2D eigenvalue weighted by Gasteiger charge is 2.26. The van der Waals surface area contributed by atoms with Crippen LogP contribution in [0.5, 0.6) is 0 Å². The Bertz CT molecular complexity index is 763. The molecule has 1 aliphatic heterocycles. The van der Waals surface area contributed by atoms with Crippen LogP contribution in [0.2, 0.25) is 0 Å². The van der Waals surface area contributed by atoms with E-state index in [1.165, 1.54) is 18.3 Å². The fourth-order valence-corrected chi connectivity index (χ4v) is 3.09. The molecule has 1 N–H and O–H groups in total. The molecule has 4 nitrogen and oxygen atoms in total. The lowest BCUT2D eigenvalue weighted by Crippen LogP contribution is -2.36. The third-order valence-corrected chi connectivity index (χ3v) is 4.37. The molecule has 21 heavy (non-hydrogen) atoms. The summed E-state index contributed by atoms with van der Waals surface area (Å²) in [5.41, 5.74) is 2.23. The van der Waals surface area contributed by atoms with Crippen molar-refractivity contribution < 1.29 is 9.18 Å². The van der Waals surface area contributed by atoms with Crippen molar-refractivity contribution in [1.82, 2.24) is 9.88 Å². The molecule has 1 aromatic carbocycles. The molecule has 3 rings (SSSR count). The van der Waals surface area contributed by atoms with Gasteiger partial charge in [-0.05, 0) is 30.2 Å². The largest absolute Gasteiger partial charge is 0.356 e. The Morgan fingerprint density at radius 2 is 2.24 bits per heavy atom. The molecule has 1 aliphatic rings. The van der Waals surface area contributed by atoms with Gasteiger partial charge in [0.05, 0.1) is 5.56 Å². The second-order valence-electron chi connectivity index (χ2n) is 4.88. The first-order valence-corrected chi connectivity index (χ1v) is 7.23. The topological polar surface area (TPSA) is 59.9 Å². The minimum absolute atomic E-state index is 0.221. The lowest BCUT2D eigenvalue weighted by atomic mass is 9.99. The number of carbonyl (C=O) groups is 1. The minimum Gasteiger partial charge on any atom is -0.356 e. The van der Waals surface area contributed by atoms with Crippen molar-refractivity contribution in [3.8, 4) is 6.07 Å². The van der Waals surface area contributed by atoms with Gasteiger partial charge in [0.25, 0.3) is 5.91 Å². The molecule has 0 spiro atoms. The zero-order valence-corrected chi connectivity index (χ0v) is 12.6. The Hall–Kier alpha value is -2.13. The molecule has 106 valence electrons. The maximum Gasteiger partial charge on any atom is 0.270 e. The van der Waals surface area contributed by atoms with Gasteiger partial charge < -0.3 is 9.88 Å². The van der Waals surface area contributed by atoms with Gasteiger partial charge in [0.1, 0.15) is 17.6 Å². The summed E-state index contributed by atoms with van der Waals surface area (Å²) >= 11 is 3.42. The number of nitrogens with one attached hydrogen (secondary N) is 1. The molecule has 1 amide bonds. The number of rotatable bonds is 1. The molecule has 0 atom stereocenters. The Kier molecular flexibility index (Phi) is 3.52. The quantitative estimate of drug-likeness (QED) is 0.861. The van der Waals surface area contributed by atoms with Crippen molar-refractivity contribution in [3.05, 3.63) is 57.1 Å². The lowest BCUT2D eigenvalue weighted by molar-refractivity contribution is 0.0727. The van der Waals surface area contributed by atoms with Gasteiger partial charge in [-0.15, -0.1) is 0 Å². The van der Waals surface area contributed by atoms with Gasteiger partial charge >= 0.3 is 0 Å². The first-order chi connectivity index (χ1) is 10.1. The van der Waals surface area contributed by atoms with Crippen LogP contribution in [-0.2, 0) is 13.0 Å². The second-order valence-corrected chi connectivity index (χ2v) is 5.73. The maximum atomic E-state index is 13.9. The number of aromatic amines is 1. The number of hydrogen-bond acceptors (Lipinski definition) is 2. The van der Waals surface area contributed by atoms with E-state index in [-0.39, 0.29) is 18.3 Å². The Labute approximate surface area is 129 Å². The van der Waals surface area contributed by atoms with Crippen LogP contribution in [0.25, 0.3) is 0 Å². The molecule has 0 saturated carbocycles. The number of amides is 1. The van der Waals surface area contributed by atoms with E-state index in [0.29, 0.717) is 29.8 Å². The molecule has 0 fully saturated rings. The summed E-state index contributed by atoms with van der Waals surface area (Å²) in [6.07, 6.45) is 2.09. The van der Waals surface area contributed by atoms with Crippen molar-refractivity contribution in [2.75, 3.05) is 6.54 Å². The maximum absolute atomic E-state index is 13.9. The number of halogens is 2. The summed E-state index contributed by atoms with van der Waals surface area (Å²) in [5, 5.41) is 8.79. The fourth-order valence-electron chi connectivity index (χ4n) is 2.52. The predicted octanol–water partition coefficient (Wildman–Crippen LogP) is 2.99. The minimum atomic E-state index is -0.296. The number of nitriles is 1. The fraction of sp³-hybridized carbons (Fsp3) is 0.200. The average molecular weight is 348 g/mol. The first kappa shape index (κ1) is 13.8. The van der Waals surface area contributed by atoms with E-state index in [9.17, 15) is 9.18 Å². The first-order valence-electron chi connectivity index (χ1n) is 6.43. The van der Waals surface area contributed by atoms with Crippen LogP contribution < -0.4 is 0 Å².